The third kappa shape index (κ3) is 3.43. The first-order valence-corrected chi connectivity index (χ1v) is 9.19. The summed E-state index contributed by atoms with van der Waals surface area (Å²) < 4.78 is 0. The molecule has 5 heteroatoms. The van der Waals surface area contributed by atoms with Gasteiger partial charge in [0.25, 0.3) is 5.91 Å². The Morgan fingerprint density at radius 1 is 1.27 bits per heavy atom. The summed E-state index contributed by atoms with van der Waals surface area (Å²) in [5.74, 6) is -0.308. The summed E-state index contributed by atoms with van der Waals surface area (Å²) in [6.07, 6.45) is 2.76. The lowest BCUT2D eigenvalue weighted by Crippen LogP contribution is -2.43. The van der Waals surface area contributed by atoms with Gasteiger partial charge in [0.1, 0.15) is 6.04 Å². The molecule has 1 aliphatic carbocycles. The number of rotatable bonds is 3. The summed E-state index contributed by atoms with van der Waals surface area (Å²) >= 11 is 0. The van der Waals surface area contributed by atoms with Crippen LogP contribution in [0.25, 0.3) is 10.9 Å². The molecule has 0 saturated heterocycles. The van der Waals surface area contributed by atoms with E-state index in [2.05, 4.69) is 26.1 Å². The van der Waals surface area contributed by atoms with Crippen LogP contribution in [0.3, 0.4) is 0 Å². The number of para-hydroxylation sites is 1. The third-order valence-corrected chi connectivity index (χ3v) is 5.49. The van der Waals surface area contributed by atoms with E-state index in [-0.39, 0.29) is 11.3 Å². The van der Waals surface area contributed by atoms with Crippen LogP contribution >= 0.6 is 0 Å². The van der Waals surface area contributed by atoms with Gasteiger partial charge in [-0.15, -0.1) is 0 Å². The minimum atomic E-state index is -0.716. The average Bonchev–Trinajstić information content (AvgIpc) is 2.57. The van der Waals surface area contributed by atoms with Crippen LogP contribution in [0.2, 0.25) is 0 Å². The zero-order chi connectivity index (χ0) is 19.1. The molecule has 1 heterocycles. The van der Waals surface area contributed by atoms with Crippen LogP contribution in [-0.2, 0) is 17.6 Å². The van der Waals surface area contributed by atoms with Crippen molar-refractivity contribution in [3.8, 4) is 0 Å². The van der Waals surface area contributed by atoms with Crippen LogP contribution in [0.4, 0.5) is 0 Å². The molecular weight excluding hydrogens is 326 g/mol. The molecule has 26 heavy (non-hydrogen) atoms. The second-order valence-corrected chi connectivity index (χ2v) is 8.33. The number of nitrogens with zero attached hydrogens (tertiary/aromatic N) is 1. The van der Waals surface area contributed by atoms with Gasteiger partial charge in [-0.1, -0.05) is 39.0 Å². The van der Waals surface area contributed by atoms with E-state index in [1.165, 1.54) is 0 Å². The van der Waals surface area contributed by atoms with Gasteiger partial charge in [-0.25, -0.2) is 0 Å². The molecule has 138 valence electrons. The number of benzene rings is 1. The lowest BCUT2D eigenvalue weighted by molar-refractivity contribution is -0.119. The monoisotopic (exact) mass is 353 g/mol. The highest BCUT2D eigenvalue weighted by molar-refractivity contribution is 6.08. The van der Waals surface area contributed by atoms with Crippen molar-refractivity contribution >= 4 is 22.7 Å². The summed E-state index contributed by atoms with van der Waals surface area (Å²) in [5, 5.41) is 3.58. The lowest BCUT2D eigenvalue weighted by atomic mass is 9.70. The molecule has 2 amide bonds. The number of fused-ring (bicyclic) bond motifs is 2. The molecule has 1 aliphatic rings. The maximum atomic E-state index is 13.1. The molecule has 1 aromatic heterocycles. The number of pyridine rings is 1. The number of aryl methyl sites for hydroxylation is 1. The molecular formula is C21H27N3O2. The summed E-state index contributed by atoms with van der Waals surface area (Å²) in [6, 6.07) is 6.98. The van der Waals surface area contributed by atoms with E-state index in [0.29, 0.717) is 11.5 Å². The van der Waals surface area contributed by atoms with Gasteiger partial charge in [0.05, 0.1) is 11.1 Å². The van der Waals surface area contributed by atoms with E-state index in [1.54, 1.807) is 6.92 Å². The van der Waals surface area contributed by atoms with E-state index < -0.39 is 11.9 Å². The molecule has 2 atom stereocenters. The van der Waals surface area contributed by atoms with E-state index in [4.69, 9.17) is 10.7 Å². The number of amides is 2. The zero-order valence-corrected chi connectivity index (χ0v) is 15.9. The van der Waals surface area contributed by atoms with Crippen LogP contribution in [0.15, 0.2) is 24.3 Å². The first kappa shape index (κ1) is 18.4. The largest absolute Gasteiger partial charge is 0.368 e. The summed E-state index contributed by atoms with van der Waals surface area (Å²) in [6.45, 7) is 8.33. The van der Waals surface area contributed by atoms with E-state index in [9.17, 15) is 9.59 Å². The fourth-order valence-corrected chi connectivity index (χ4v) is 3.73. The molecule has 5 nitrogen and oxygen atoms in total. The fourth-order valence-electron chi connectivity index (χ4n) is 3.73. The third-order valence-electron chi connectivity index (χ3n) is 5.49. The normalized spacial score (nSPS) is 18.2. The maximum Gasteiger partial charge on any atom is 0.252 e. The molecule has 0 aliphatic heterocycles. The van der Waals surface area contributed by atoms with E-state index in [0.717, 1.165) is 41.4 Å². The number of carbonyl (C=O) groups excluding carboxylic acids is 2. The molecule has 0 saturated carbocycles. The number of nitrogens with two attached hydrogens (primary N) is 1. The SMILES string of the molecule is C[C@@H](NC(=O)c1c2c(nc3ccccc13)CC[C@H](C(C)(C)C)C2)C(N)=O. The minimum Gasteiger partial charge on any atom is -0.368 e. The van der Waals surface area contributed by atoms with Gasteiger partial charge in [-0.3, -0.25) is 14.6 Å². The Labute approximate surface area is 154 Å². The Balaban J connectivity index is 2.13. The van der Waals surface area contributed by atoms with Crippen LogP contribution in [-0.4, -0.2) is 22.8 Å². The smallest absolute Gasteiger partial charge is 0.252 e. The molecule has 0 fully saturated rings. The van der Waals surface area contributed by atoms with Crippen molar-refractivity contribution in [2.75, 3.05) is 0 Å². The van der Waals surface area contributed by atoms with Crippen molar-refractivity contribution in [2.45, 2.75) is 53.0 Å². The Bertz CT molecular complexity index is 867. The van der Waals surface area contributed by atoms with Crippen molar-refractivity contribution in [2.24, 2.45) is 17.1 Å². The number of hydrogen-bond donors (Lipinski definition) is 2. The van der Waals surface area contributed by atoms with E-state index >= 15 is 0 Å². The zero-order valence-electron chi connectivity index (χ0n) is 15.9. The predicted octanol–water partition coefficient (Wildman–Crippen LogP) is 2.99. The molecule has 0 radical (unpaired) electrons. The number of nitrogens with one attached hydrogen (secondary N) is 1. The van der Waals surface area contributed by atoms with Gasteiger partial charge in [0.15, 0.2) is 0 Å². The van der Waals surface area contributed by atoms with Crippen molar-refractivity contribution < 1.29 is 9.59 Å². The number of aromatic nitrogens is 1. The van der Waals surface area contributed by atoms with Gasteiger partial charge in [0.2, 0.25) is 5.91 Å². The molecule has 1 aromatic carbocycles. The van der Waals surface area contributed by atoms with Gasteiger partial charge in [-0.05, 0) is 49.1 Å². The number of carbonyl (C=O) groups is 2. The highest BCUT2D eigenvalue weighted by atomic mass is 16.2. The van der Waals surface area contributed by atoms with Gasteiger partial charge >= 0.3 is 0 Å². The molecule has 0 bridgehead atoms. The second-order valence-electron chi connectivity index (χ2n) is 8.33. The molecule has 0 spiro atoms. The quantitative estimate of drug-likeness (QED) is 0.889. The Morgan fingerprint density at radius 2 is 1.96 bits per heavy atom. The molecule has 2 aromatic rings. The van der Waals surface area contributed by atoms with Gasteiger partial charge in [-0.2, -0.15) is 0 Å². The van der Waals surface area contributed by atoms with Gasteiger partial charge in [0, 0.05) is 11.1 Å². The van der Waals surface area contributed by atoms with Crippen molar-refractivity contribution in [1.82, 2.24) is 10.3 Å². The average molecular weight is 353 g/mol. The predicted molar refractivity (Wildman–Crippen MR) is 103 cm³/mol. The van der Waals surface area contributed by atoms with Gasteiger partial charge < -0.3 is 11.1 Å². The summed E-state index contributed by atoms with van der Waals surface area (Å²) in [4.78, 5) is 29.3. The molecule has 0 unspecified atom stereocenters. The lowest BCUT2D eigenvalue weighted by Gasteiger charge is -2.35. The summed E-state index contributed by atoms with van der Waals surface area (Å²) in [7, 11) is 0. The standard InChI is InChI=1S/C21H27N3O2/c1-12(19(22)25)23-20(26)18-14-7-5-6-8-16(14)24-17-10-9-13(11-15(17)18)21(2,3)4/h5-8,12-13H,9-11H2,1-4H3,(H2,22,25)(H,23,26)/t12-,13+/m1/s1. The molecule has 3 rings (SSSR count). The Morgan fingerprint density at radius 3 is 2.62 bits per heavy atom. The van der Waals surface area contributed by atoms with Crippen LogP contribution in [0.5, 0.6) is 0 Å². The van der Waals surface area contributed by atoms with Crippen molar-refractivity contribution in [1.29, 1.82) is 0 Å². The van der Waals surface area contributed by atoms with Crippen LogP contribution in [0.1, 0.15) is 55.7 Å². The van der Waals surface area contributed by atoms with Crippen molar-refractivity contribution in [3.05, 3.63) is 41.1 Å². The fraction of sp³-hybridized carbons (Fsp3) is 0.476. The molecule has 3 N–H and O–H groups in total. The highest BCUT2D eigenvalue weighted by Gasteiger charge is 2.33. The minimum absolute atomic E-state index is 0.164. The van der Waals surface area contributed by atoms with Crippen LogP contribution < -0.4 is 11.1 Å². The summed E-state index contributed by atoms with van der Waals surface area (Å²) in [5.41, 5.74) is 8.97. The maximum absolute atomic E-state index is 13.1. The van der Waals surface area contributed by atoms with Crippen molar-refractivity contribution in [3.63, 3.8) is 0 Å². The Hall–Kier alpha value is -2.43. The number of hydrogen-bond acceptors (Lipinski definition) is 3. The first-order chi connectivity index (χ1) is 12.2. The first-order valence-electron chi connectivity index (χ1n) is 9.19. The topological polar surface area (TPSA) is 85.1 Å². The highest BCUT2D eigenvalue weighted by Crippen LogP contribution is 2.39. The van der Waals surface area contributed by atoms with Crippen LogP contribution in [0, 0.1) is 11.3 Å². The second kappa shape index (κ2) is 6.71. The Kier molecular flexibility index (Phi) is 4.74. The number of primary amides is 1. The van der Waals surface area contributed by atoms with E-state index in [1.807, 2.05) is 24.3 Å².